The fourth-order valence-corrected chi connectivity index (χ4v) is 2.24. The average molecular weight is 300 g/mol. The van der Waals surface area contributed by atoms with E-state index in [-0.39, 0.29) is 30.2 Å². The van der Waals surface area contributed by atoms with Crippen LogP contribution in [0.25, 0.3) is 0 Å². The smallest absolute Gasteiger partial charge is 0.337 e. The molecular weight excluding hydrogens is 276 g/mol. The number of carboxylic acid groups (broad SMARTS) is 1. The fourth-order valence-electron chi connectivity index (χ4n) is 2.24. The van der Waals surface area contributed by atoms with Gasteiger partial charge in [0.1, 0.15) is 0 Å². The van der Waals surface area contributed by atoms with Crippen LogP contribution >= 0.6 is 0 Å². The summed E-state index contributed by atoms with van der Waals surface area (Å²) in [5.74, 6) is -2.16. The summed E-state index contributed by atoms with van der Waals surface area (Å²) in [6, 6.07) is 0. The van der Waals surface area contributed by atoms with Crippen molar-refractivity contribution >= 4 is 17.8 Å². The van der Waals surface area contributed by atoms with Gasteiger partial charge in [0.25, 0.3) is 0 Å². The Balaban J connectivity index is 2.55. The molecule has 2 atom stereocenters. The van der Waals surface area contributed by atoms with E-state index in [2.05, 4.69) is 5.32 Å². The zero-order valence-electron chi connectivity index (χ0n) is 12.8. The zero-order valence-corrected chi connectivity index (χ0v) is 12.8. The molecule has 2 amide bonds. The molecular formula is C14H24N2O5. The van der Waals surface area contributed by atoms with Gasteiger partial charge in [-0.2, -0.15) is 0 Å². The molecule has 120 valence electrons. The number of piperidine rings is 1. The number of aliphatic hydroxyl groups is 1. The molecule has 0 aromatic heterocycles. The monoisotopic (exact) mass is 300 g/mol. The lowest BCUT2D eigenvalue weighted by atomic mass is 9.95. The van der Waals surface area contributed by atoms with Gasteiger partial charge in [-0.1, -0.05) is 13.8 Å². The molecule has 7 nitrogen and oxygen atoms in total. The summed E-state index contributed by atoms with van der Waals surface area (Å²) in [5.41, 5.74) is -1.99. The Labute approximate surface area is 124 Å². The van der Waals surface area contributed by atoms with E-state index in [4.69, 9.17) is 5.11 Å². The second-order valence-electron chi connectivity index (χ2n) is 6.07. The largest absolute Gasteiger partial charge is 0.479 e. The van der Waals surface area contributed by atoms with Crippen LogP contribution in [-0.2, 0) is 14.4 Å². The minimum Gasteiger partial charge on any atom is -0.479 e. The number of hydrogen-bond acceptors (Lipinski definition) is 4. The summed E-state index contributed by atoms with van der Waals surface area (Å²) in [4.78, 5) is 36.4. The number of likely N-dealkylation sites (tertiary alicyclic amines) is 1. The first-order valence-corrected chi connectivity index (χ1v) is 7.17. The summed E-state index contributed by atoms with van der Waals surface area (Å²) in [6.45, 7) is 5.40. The van der Waals surface area contributed by atoms with Gasteiger partial charge in [-0.05, 0) is 19.8 Å². The first-order chi connectivity index (χ1) is 9.65. The van der Waals surface area contributed by atoms with Crippen LogP contribution in [0.15, 0.2) is 0 Å². The Bertz CT molecular complexity index is 420. The van der Waals surface area contributed by atoms with Gasteiger partial charge >= 0.3 is 5.97 Å². The minimum atomic E-state index is -1.99. The first-order valence-electron chi connectivity index (χ1n) is 7.17. The molecule has 1 heterocycles. The highest BCUT2D eigenvalue weighted by Crippen LogP contribution is 2.18. The van der Waals surface area contributed by atoms with Crippen LogP contribution < -0.4 is 5.32 Å². The van der Waals surface area contributed by atoms with Crippen molar-refractivity contribution in [1.29, 1.82) is 0 Å². The number of aliphatic carboxylic acids is 1. The molecule has 3 N–H and O–H groups in total. The average Bonchev–Trinajstić information content (AvgIpc) is 2.43. The molecule has 21 heavy (non-hydrogen) atoms. The van der Waals surface area contributed by atoms with E-state index in [0.29, 0.717) is 19.5 Å². The van der Waals surface area contributed by atoms with E-state index >= 15 is 0 Å². The molecule has 7 heteroatoms. The normalized spacial score (nSPS) is 21.8. The third kappa shape index (κ3) is 4.70. The molecule has 0 aliphatic carbocycles. The maximum absolute atomic E-state index is 12.1. The highest BCUT2D eigenvalue weighted by Gasteiger charge is 2.33. The predicted octanol–water partition coefficient (Wildman–Crippen LogP) is -0.167. The lowest BCUT2D eigenvalue weighted by molar-refractivity contribution is -0.156. The van der Waals surface area contributed by atoms with Gasteiger partial charge in [-0.3, -0.25) is 9.59 Å². The molecule has 1 fully saturated rings. The van der Waals surface area contributed by atoms with Crippen molar-refractivity contribution in [2.45, 2.75) is 39.2 Å². The second-order valence-corrected chi connectivity index (χ2v) is 6.07. The second kappa shape index (κ2) is 6.89. The van der Waals surface area contributed by atoms with Crippen molar-refractivity contribution in [1.82, 2.24) is 10.2 Å². The molecule has 0 radical (unpaired) electrons. The lowest BCUT2D eigenvalue weighted by Gasteiger charge is -2.33. The minimum absolute atomic E-state index is 0.0185. The number of nitrogens with one attached hydrogen (secondary N) is 1. The standard InChI is InChI=1S/C14H24N2O5/c1-9(2)12(18)16-6-4-5-10(7-16)11(17)15-8-14(3,21)13(19)20/h9-10,21H,4-8H2,1-3H3,(H,15,17)(H,19,20). The van der Waals surface area contributed by atoms with Gasteiger partial charge in [-0.15, -0.1) is 0 Å². The molecule has 1 rings (SSSR count). The van der Waals surface area contributed by atoms with Crippen molar-refractivity contribution in [2.75, 3.05) is 19.6 Å². The Morgan fingerprint density at radius 2 is 2.00 bits per heavy atom. The topological polar surface area (TPSA) is 107 Å². The van der Waals surface area contributed by atoms with Gasteiger partial charge in [0.2, 0.25) is 11.8 Å². The van der Waals surface area contributed by atoms with Crippen LogP contribution in [0.1, 0.15) is 33.6 Å². The van der Waals surface area contributed by atoms with Crippen LogP contribution in [0.3, 0.4) is 0 Å². The Hall–Kier alpha value is -1.63. The first kappa shape index (κ1) is 17.4. The molecule has 2 unspecified atom stereocenters. The van der Waals surface area contributed by atoms with Gasteiger partial charge < -0.3 is 20.4 Å². The third-order valence-electron chi connectivity index (χ3n) is 3.67. The molecule has 0 aromatic rings. The van der Waals surface area contributed by atoms with Gasteiger partial charge in [0, 0.05) is 19.0 Å². The summed E-state index contributed by atoms with van der Waals surface area (Å²) < 4.78 is 0. The summed E-state index contributed by atoms with van der Waals surface area (Å²) >= 11 is 0. The summed E-state index contributed by atoms with van der Waals surface area (Å²) in [7, 11) is 0. The fraction of sp³-hybridized carbons (Fsp3) is 0.786. The molecule has 0 bridgehead atoms. The molecule has 1 saturated heterocycles. The van der Waals surface area contributed by atoms with Crippen molar-refractivity contribution in [3.8, 4) is 0 Å². The van der Waals surface area contributed by atoms with E-state index in [1.54, 1.807) is 4.90 Å². The Kier molecular flexibility index (Phi) is 5.71. The van der Waals surface area contributed by atoms with Gasteiger partial charge in [0.15, 0.2) is 5.60 Å². The van der Waals surface area contributed by atoms with Crippen LogP contribution in [0.2, 0.25) is 0 Å². The van der Waals surface area contributed by atoms with Crippen molar-refractivity contribution in [2.24, 2.45) is 11.8 Å². The highest BCUT2D eigenvalue weighted by molar-refractivity contribution is 5.83. The number of hydrogen-bond donors (Lipinski definition) is 3. The molecule has 1 aliphatic heterocycles. The van der Waals surface area contributed by atoms with E-state index in [1.807, 2.05) is 13.8 Å². The van der Waals surface area contributed by atoms with Crippen molar-refractivity contribution in [3.05, 3.63) is 0 Å². The molecule has 1 aliphatic rings. The van der Waals surface area contributed by atoms with Crippen LogP contribution in [0, 0.1) is 11.8 Å². The van der Waals surface area contributed by atoms with Crippen molar-refractivity contribution in [3.63, 3.8) is 0 Å². The van der Waals surface area contributed by atoms with Crippen molar-refractivity contribution < 1.29 is 24.6 Å². The van der Waals surface area contributed by atoms with E-state index in [0.717, 1.165) is 13.3 Å². The molecule has 0 aromatic carbocycles. The van der Waals surface area contributed by atoms with E-state index in [9.17, 15) is 19.5 Å². The van der Waals surface area contributed by atoms with E-state index in [1.165, 1.54) is 0 Å². The van der Waals surface area contributed by atoms with Crippen LogP contribution in [-0.4, -0.2) is 58.1 Å². The van der Waals surface area contributed by atoms with Crippen LogP contribution in [0.5, 0.6) is 0 Å². The summed E-state index contributed by atoms with van der Waals surface area (Å²) in [5, 5.41) is 20.8. The summed E-state index contributed by atoms with van der Waals surface area (Å²) in [6.07, 6.45) is 1.40. The third-order valence-corrected chi connectivity index (χ3v) is 3.67. The number of carboxylic acids is 1. The SMILES string of the molecule is CC(C)C(=O)N1CCCC(C(=O)NCC(C)(O)C(=O)O)C1. The molecule has 0 saturated carbocycles. The maximum atomic E-state index is 12.1. The predicted molar refractivity (Wildman–Crippen MR) is 75.4 cm³/mol. The lowest BCUT2D eigenvalue weighted by Crippen LogP contribution is -2.51. The quantitative estimate of drug-likeness (QED) is 0.653. The number of amides is 2. The van der Waals surface area contributed by atoms with E-state index < -0.39 is 11.6 Å². The number of rotatable bonds is 5. The Morgan fingerprint density at radius 1 is 1.38 bits per heavy atom. The van der Waals surface area contributed by atoms with Crippen LogP contribution in [0.4, 0.5) is 0 Å². The number of carbonyl (C=O) groups is 3. The molecule has 0 spiro atoms. The number of carbonyl (C=O) groups excluding carboxylic acids is 2. The van der Waals surface area contributed by atoms with Gasteiger partial charge in [-0.25, -0.2) is 4.79 Å². The highest BCUT2D eigenvalue weighted by atomic mass is 16.4. The maximum Gasteiger partial charge on any atom is 0.337 e. The number of nitrogens with zero attached hydrogens (tertiary/aromatic N) is 1. The Morgan fingerprint density at radius 3 is 2.52 bits per heavy atom. The zero-order chi connectivity index (χ0) is 16.2. The van der Waals surface area contributed by atoms with Gasteiger partial charge in [0.05, 0.1) is 12.5 Å².